The molecule has 1 unspecified atom stereocenters. The standard InChI is InChI=1S/C16H31NO3/c1-4-7-8-9-11-15(18)14-17(5-2,6-3)13-10-12-16(19)20/h7-8,15,18H,4-6,9-14H2,1-3H3/p+1/b8-7+. The molecule has 4 nitrogen and oxygen atoms in total. The molecule has 1 atom stereocenters. The van der Waals surface area contributed by atoms with Crippen LogP contribution < -0.4 is 0 Å². The quantitative estimate of drug-likeness (QED) is 0.428. The molecule has 0 aromatic carbocycles. The molecule has 0 heterocycles. The Hall–Kier alpha value is -0.870. The lowest BCUT2D eigenvalue weighted by atomic mass is 10.1. The molecule has 0 fully saturated rings. The van der Waals surface area contributed by atoms with Gasteiger partial charge in [-0.25, -0.2) is 0 Å². The number of aliphatic hydroxyl groups is 1. The molecule has 0 aromatic rings. The first-order valence-corrected chi connectivity index (χ1v) is 7.89. The van der Waals surface area contributed by atoms with E-state index < -0.39 is 5.97 Å². The van der Waals surface area contributed by atoms with Gasteiger partial charge in [0, 0.05) is 6.42 Å². The van der Waals surface area contributed by atoms with Crippen LogP contribution in [-0.4, -0.2) is 52.9 Å². The molecule has 118 valence electrons. The van der Waals surface area contributed by atoms with Gasteiger partial charge in [-0.3, -0.25) is 4.79 Å². The van der Waals surface area contributed by atoms with Gasteiger partial charge in [0.05, 0.1) is 26.1 Å². The summed E-state index contributed by atoms with van der Waals surface area (Å²) >= 11 is 0. The van der Waals surface area contributed by atoms with Crippen molar-refractivity contribution in [3.8, 4) is 0 Å². The molecule has 0 aliphatic heterocycles. The Morgan fingerprint density at radius 1 is 1.20 bits per heavy atom. The zero-order valence-corrected chi connectivity index (χ0v) is 13.3. The highest BCUT2D eigenvalue weighted by Crippen LogP contribution is 2.13. The highest BCUT2D eigenvalue weighted by Gasteiger charge is 2.26. The van der Waals surface area contributed by atoms with Crippen molar-refractivity contribution in [2.24, 2.45) is 0 Å². The molecular formula is C16H32NO3+. The Kier molecular flexibility index (Phi) is 10.4. The summed E-state index contributed by atoms with van der Waals surface area (Å²) in [4.78, 5) is 10.6. The zero-order valence-electron chi connectivity index (χ0n) is 13.3. The predicted molar refractivity (Wildman–Crippen MR) is 82.6 cm³/mol. The molecule has 4 heteroatoms. The van der Waals surface area contributed by atoms with Gasteiger partial charge in [-0.05, 0) is 33.1 Å². The van der Waals surface area contributed by atoms with E-state index in [-0.39, 0.29) is 12.5 Å². The van der Waals surface area contributed by atoms with Gasteiger partial charge in [-0.2, -0.15) is 0 Å². The fourth-order valence-electron chi connectivity index (χ4n) is 2.57. The topological polar surface area (TPSA) is 57.5 Å². The SMILES string of the molecule is CC/C=C/CCC(O)C[N+](CC)(CC)CCCC(=O)O. The number of quaternary nitrogens is 1. The van der Waals surface area contributed by atoms with Crippen molar-refractivity contribution in [3.05, 3.63) is 12.2 Å². The highest BCUT2D eigenvalue weighted by molar-refractivity contribution is 5.66. The number of aliphatic hydroxyl groups excluding tert-OH is 1. The Bertz CT molecular complexity index is 285. The summed E-state index contributed by atoms with van der Waals surface area (Å²) in [5.74, 6) is -0.736. The largest absolute Gasteiger partial charge is 0.481 e. The lowest BCUT2D eigenvalue weighted by Crippen LogP contribution is -2.52. The number of aliphatic carboxylic acids is 1. The number of allylic oxidation sites excluding steroid dienone is 2. The second-order valence-electron chi connectivity index (χ2n) is 5.49. The van der Waals surface area contributed by atoms with Crippen molar-refractivity contribution in [3.63, 3.8) is 0 Å². The van der Waals surface area contributed by atoms with Crippen LogP contribution in [0.5, 0.6) is 0 Å². The van der Waals surface area contributed by atoms with Crippen molar-refractivity contribution in [2.45, 2.75) is 59.0 Å². The van der Waals surface area contributed by atoms with Gasteiger partial charge in [-0.1, -0.05) is 19.1 Å². The number of nitrogens with zero attached hydrogens (tertiary/aromatic N) is 1. The lowest BCUT2D eigenvalue weighted by Gasteiger charge is -2.38. The van der Waals surface area contributed by atoms with E-state index in [1.165, 1.54) is 0 Å². The summed E-state index contributed by atoms with van der Waals surface area (Å²) in [5.41, 5.74) is 0. The van der Waals surface area contributed by atoms with Crippen LogP contribution in [0.1, 0.15) is 52.9 Å². The van der Waals surface area contributed by atoms with E-state index in [1.807, 2.05) is 0 Å². The number of carboxylic acids is 1. The van der Waals surface area contributed by atoms with Crippen LogP contribution in [0, 0.1) is 0 Å². The van der Waals surface area contributed by atoms with E-state index in [4.69, 9.17) is 5.11 Å². The molecule has 0 amide bonds. The van der Waals surface area contributed by atoms with Crippen molar-refractivity contribution in [2.75, 3.05) is 26.2 Å². The van der Waals surface area contributed by atoms with Crippen molar-refractivity contribution < 1.29 is 19.5 Å². The van der Waals surface area contributed by atoms with Crippen molar-refractivity contribution in [1.29, 1.82) is 0 Å². The molecule has 0 saturated carbocycles. The maximum absolute atomic E-state index is 10.6. The van der Waals surface area contributed by atoms with Crippen molar-refractivity contribution >= 4 is 5.97 Å². The molecule has 20 heavy (non-hydrogen) atoms. The Labute approximate surface area is 123 Å². The number of hydrogen-bond donors (Lipinski definition) is 2. The van der Waals surface area contributed by atoms with Crippen molar-refractivity contribution in [1.82, 2.24) is 0 Å². The average molecular weight is 286 g/mol. The second kappa shape index (κ2) is 10.9. The van der Waals surface area contributed by atoms with Crippen LogP contribution in [0.4, 0.5) is 0 Å². The minimum atomic E-state index is -0.736. The number of likely N-dealkylation sites (N-methyl/N-ethyl adjacent to an activating group) is 1. The second-order valence-corrected chi connectivity index (χ2v) is 5.49. The van der Waals surface area contributed by atoms with E-state index in [1.54, 1.807) is 0 Å². The van der Waals surface area contributed by atoms with Gasteiger partial charge < -0.3 is 14.7 Å². The van der Waals surface area contributed by atoms with Crippen LogP contribution in [0.15, 0.2) is 12.2 Å². The summed E-state index contributed by atoms with van der Waals surface area (Å²) in [7, 11) is 0. The third kappa shape index (κ3) is 8.33. The molecule has 0 saturated heterocycles. The maximum Gasteiger partial charge on any atom is 0.303 e. The van der Waals surface area contributed by atoms with Crippen LogP contribution in [-0.2, 0) is 4.79 Å². The van der Waals surface area contributed by atoms with Gasteiger partial charge in [0.2, 0.25) is 0 Å². The number of carboxylic acid groups (broad SMARTS) is 1. The predicted octanol–water partition coefficient (Wildman–Crippen LogP) is 2.82. The maximum atomic E-state index is 10.6. The van der Waals surface area contributed by atoms with Crippen LogP contribution in [0.3, 0.4) is 0 Å². The average Bonchev–Trinajstić information content (AvgIpc) is 2.42. The molecule has 0 rings (SSSR count). The van der Waals surface area contributed by atoms with E-state index in [0.717, 1.165) is 49.9 Å². The summed E-state index contributed by atoms with van der Waals surface area (Å²) in [5, 5.41) is 18.9. The Morgan fingerprint density at radius 2 is 1.85 bits per heavy atom. The smallest absolute Gasteiger partial charge is 0.303 e. The minimum Gasteiger partial charge on any atom is -0.481 e. The summed E-state index contributed by atoms with van der Waals surface area (Å²) in [6, 6.07) is 0. The number of hydrogen-bond acceptors (Lipinski definition) is 2. The zero-order chi connectivity index (χ0) is 15.4. The monoisotopic (exact) mass is 286 g/mol. The van der Waals surface area contributed by atoms with Gasteiger partial charge in [-0.15, -0.1) is 0 Å². The highest BCUT2D eigenvalue weighted by atomic mass is 16.4. The summed E-state index contributed by atoms with van der Waals surface area (Å²) in [6.07, 6.45) is 7.58. The lowest BCUT2D eigenvalue weighted by molar-refractivity contribution is -0.927. The van der Waals surface area contributed by atoms with Crippen LogP contribution in [0.25, 0.3) is 0 Å². The molecule has 0 aromatic heterocycles. The molecule has 0 bridgehead atoms. The Balaban J connectivity index is 4.27. The molecule has 0 radical (unpaired) electrons. The van der Waals surface area contributed by atoms with E-state index in [2.05, 4.69) is 32.9 Å². The number of carbonyl (C=O) groups is 1. The first-order chi connectivity index (χ1) is 9.49. The number of rotatable bonds is 12. The van der Waals surface area contributed by atoms with Crippen LogP contribution in [0.2, 0.25) is 0 Å². The summed E-state index contributed by atoms with van der Waals surface area (Å²) < 4.78 is 0.811. The fraction of sp³-hybridized carbons (Fsp3) is 0.812. The molecular weight excluding hydrogens is 254 g/mol. The molecule has 0 spiro atoms. The van der Waals surface area contributed by atoms with Gasteiger partial charge in [0.15, 0.2) is 0 Å². The van der Waals surface area contributed by atoms with Gasteiger partial charge >= 0.3 is 5.97 Å². The van der Waals surface area contributed by atoms with E-state index in [0.29, 0.717) is 6.42 Å². The third-order valence-electron chi connectivity index (χ3n) is 4.03. The van der Waals surface area contributed by atoms with Crippen LogP contribution >= 0.6 is 0 Å². The first kappa shape index (κ1) is 19.1. The summed E-state index contributed by atoms with van der Waals surface area (Å²) in [6.45, 7) is 9.79. The normalized spacial score (nSPS) is 13.8. The fourth-order valence-corrected chi connectivity index (χ4v) is 2.57. The van der Waals surface area contributed by atoms with Gasteiger partial charge in [0.1, 0.15) is 12.6 Å². The molecule has 0 aliphatic carbocycles. The Morgan fingerprint density at radius 3 is 2.35 bits per heavy atom. The van der Waals surface area contributed by atoms with E-state index >= 15 is 0 Å². The molecule has 2 N–H and O–H groups in total. The first-order valence-electron chi connectivity index (χ1n) is 7.89. The van der Waals surface area contributed by atoms with E-state index in [9.17, 15) is 9.90 Å². The molecule has 0 aliphatic rings. The van der Waals surface area contributed by atoms with Gasteiger partial charge in [0.25, 0.3) is 0 Å². The third-order valence-corrected chi connectivity index (χ3v) is 4.03. The minimum absolute atomic E-state index is 0.218.